The minimum absolute atomic E-state index is 0.147. The van der Waals surface area contributed by atoms with E-state index in [9.17, 15) is 22.4 Å². The molecule has 0 amide bonds. The van der Waals surface area contributed by atoms with Crippen LogP contribution in [0.3, 0.4) is 0 Å². The predicted molar refractivity (Wildman–Crippen MR) is 149 cm³/mol. The van der Waals surface area contributed by atoms with Gasteiger partial charge >= 0.3 is 10.5 Å². The van der Waals surface area contributed by atoms with Gasteiger partial charge in [-0.15, -0.1) is 0 Å². The quantitative estimate of drug-likeness (QED) is 0.245. The van der Waals surface area contributed by atoms with E-state index in [0.717, 1.165) is 30.8 Å². The molecule has 1 N–H and O–H groups in total. The molecule has 3 heterocycles. The van der Waals surface area contributed by atoms with Crippen molar-refractivity contribution in [3.63, 3.8) is 0 Å². The van der Waals surface area contributed by atoms with Crippen molar-refractivity contribution in [2.45, 2.75) is 39.2 Å². The van der Waals surface area contributed by atoms with Crippen molar-refractivity contribution in [1.82, 2.24) is 14.5 Å². The fraction of sp³-hybridized carbons (Fsp3) is 0.276. The highest BCUT2D eigenvalue weighted by Gasteiger charge is 2.27. The van der Waals surface area contributed by atoms with Crippen molar-refractivity contribution >= 4 is 43.3 Å². The van der Waals surface area contributed by atoms with Crippen molar-refractivity contribution in [2.24, 2.45) is 5.92 Å². The summed E-state index contributed by atoms with van der Waals surface area (Å²) in [5.74, 6) is 0.308. The molecule has 204 valence electrons. The highest BCUT2D eigenvalue weighted by atomic mass is 32.3. The van der Waals surface area contributed by atoms with Gasteiger partial charge in [-0.3, -0.25) is 9.78 Å². The molecule has 1 aliphatic carbocycles. The van der Waals surface area contributed by atoms with Gasteiger partial charge in [0.1, 0.15) is 11.4 Å². The first-order valence-corrected chi connectivity index (χ1v) is 14.2. The van der Waals surface area contributed by atoms with Crippen LogP contribution in [0.1, 0.15) is 44.7 Å². The average Bonchev–Trinajstić information content (AvgIpc) is 3.26. The number of ether oxygens (including phenoxy) is 1. The third-order valence-corrected chi connectivity index (χ3v) is 7.60. The fourth-order valence-corrected chi connectivity index (χ4v) is 5.54. The Labute approximate surface area is 229 Å². The Kier molecular flexibility index (Phi) is 6.22. The lowest BCUT2D eigenvalue weighted by Gasteiger charge is -2.31. The summed E-state index contributed by atoms with van der Waals surface area (Å²) < 4.78 is 48.2. The van der Waals surface area contributed by atoms with E-state index >= 15 is 0 Å². The molecule has 0 radical (unpaired) electrons. The number of benzene rings is 2. The molecular weight excluding hydrogens is 535 g/mol. The van der Waals surface area contributed by atoms with E-state index in [4.69, 9.17) is 4.74 Å². The van der Waals surface area contributed by atoms with E-state index in [1.165, 1.54) is 12.3 Å². The van der Waals surface area contributed by atoms with Crippen LogP contribution >= 0.6 is 0 Å². The Morgan fingerprint density at radius 1 is 1.18 bits per heavy atom. The standard InChI is InChI=1S/C29H25FN4O5S/c1-16(2)15-38-26-11-23-25(10-22(26)18-9-20(14-32-13-18)39-40(30,36)37)34(19-4-3-5-19)29-27(28(23)35)21-7-6-17(12-31)8-24(21)33-29/h6-11,13-14,16,19,33H,3-5,15H2,1-2H3. The molecule has 5 aromatic rings. The Hall–Kier alpha value is -4.43. The van der Waals surface area contributed by atoms with Gasteiger partial charge < -0.3 is 18.5 Å². The minimum Gasteiger partial charge on any atom is -0.493 e. The van der Waals surface area contributed by atoms with E-state index in [0.29, 0.717) is 56.5 Å². The number of rotatable bonds is 7. The molecule has 9 nitrogen and oxygen atoms in total. The number of H-pyrrole nitrogens is 1. The van der Waals surface area contributed by atoms with Crippen LogP contribution in [0.2, 0.25) is 0 Å². The number of nitriles is 1. The highest BCUT2D eigenvalue weighted by Crippen LogP contribution is 2.41. The zero-order valence-electron chi connectivity index (χ0n) is 21.8. The largest absolute Gasteiger partial charge is 0.493 e. The van der Waals surface area contributed by atoms with Crippen molar-refractivity contribution in [2.75, 3.05) is 6.61 Å². The summed E-state index contributed by atoms with van der Waals surface area (Å²) in [6.07, 6.45) is 5.53. The Morgan fingerprint density at radius 3 is 2.65 bits per heavy atom. The summed E-state index contributed by atoms with van der Waals surface area (Å²) in [4.78, 5) is 21.5. The number of aromatic amines is 1. The SMILES string of the molecule is CC(C)COc1cc2c(=O)c3c4ccc(C#N)cc4[nH]c3n(C3CCC3)c2cc1-c1cncc(OS(=O)(=O)F)c1. The van der Waals surface area contributed by atoms with Crippen LogP contribution in [0.4, 0.5) is 3.89 Å². The molecule has 0 spiro atoms. The van der Waals surface area contributed by atoms with Gasteiger partial charge in [0.05, 0.1) is 40.7 Å². The lowest BCUT2D eigenvalue weighted by Crippen LogP contribution is -2.21. The lowest BCUT2D eigenvalue weighted by molar-refractivity contribution is 0.272. The molecule has 0 atom stereocenters. The van der Waals surface area contributed by atoms with Crippen LogP contribution in [0.15, 0.2) is 53.6 Å². The number of nitrogens with zero attached hydrogens (tertiary/aromatic N) is 3. The monoisotopic (exact) mass is 560 g/mol. The summed E-state index contributed by atoms with van der Waals surface area (Å²) in [5, 5.41) is 11.2. The van der Waals surface area contributed by atoms with Crippen molar-refractivity contribution in [3.8, 4) is 28.7 Å². The first kappa shape index (κ1) is 25.8. The number of hydrogen-bond donors (Lipinski definition) is 1. The second kappa shape index (κ2) is 9.64. The van der Waals surface area contributed by atoms with Gasteiger partial charge in [-0.25, -0.2) is 0 Å². The van der Waals surface area contributed by atoms with E-state index < -0.39 is 10.5 Å². The van der Waals surface area contributed by atoms with E-state index in [1.807, 2.05) is 19.9 Å². The van der Waals surface area contributed by atoms with Crippen LogP contribution in [0.5, 0.6) is 11.5 Å². The van der Waals surface area contributed by atoms with Crippen molar-refractivity contribution in [3.05, 3.63) is 64.6 Å². The van der Waals surface area contributed by atoms with Gasteiger partial charge in [-0.1, -0.05) is 23.8 Å². The van der Waals surface area contributed by atoms with Gasteiger partial charge in [0.25, 0.3) is 0 Å². The molecule has 40 heavy (non-hydrogen) atoms. The maximum absolute atomic E-state index is 14.1. The molecule has 0 saturated heterocycles. The Morgan fingerprint density at radius 2 is 1.98 bits per heavy atom. The second-order valence-corrected chi connectivity index (χ2v) is 11.4. The maximum Gasteiger partial charge on any atom is 0.488 e. The molecule has 1 aliphatic rings. The molecule has 11 heteroatoms. The normalized spacial score (nSPS) is 14.1. The van der Waals surface area contributed by atoms with Gasteiger partial charge in [0.2, 0.25) is 0 Å². The fourth-order valence-electron chi connectivity index (χ4n) is 5.22. The molecule has 0 aliphatic heterocycles. The molecule has 1 saturated carbocycles. The van der Waals surface area contributed by atoms with Gasteiger partial charge in [0.15, 0.2) is 11.2 Å². The van der Waals surface area contributed by atoms with Gasteiger partial charge in [-0.05, 0) is 55.5 Å². The Balaban J connectivity index is 1.68. The molecule has 2 aromatic carbocycles. The van der Waals surface area contributed by atoms with Crippen LogP contribution in [-0.2, 0) is 10.5 Å². The van der Waals surface area contributed by atoms with Crippen LogP contribution in [0.25, 0.3) is 44.0 Å². The average molecular weight is 561 g/mol. The smallest absolute Gasteiger partial charge is 0.488 e. The summed E-state index contributed by atoms with van der Waals surface area (Å²) in [6.45, 7) is 4.36. The third-order valence-electron chi connectivity index (χ3n) is 7.21. The van der Waals surface area contributed by atoms with Crippen molar-refractivity contribution in [1.29, 1.82) is 5.26 Å². The van der Waals surface area contributed by atoms with E-state index in [-0.39, 0.29) is 23.1 Å². The number of fused-ring (bicyclic) bond motifs is 4. The number of aromatic nitrogens is 3. The molecule has 0 unspecified atom stereocenters. The van der Waals surface area contributed by atoms with E-state index in [1.54, 1.807) is 24.3 Å². The first-order valence-electron chi connectivity index (χ1n) is 12.9. The van der Waals surface area contributed by atoms with Crippen LogP contribution in [0, 0.1) is 17.2 Å². The van der Waals surface area contributed by atoms with E-state index in [2.05, 4.69) is 24.8 Å². The van der Waals surface area contributed by atoms with Gasteiger partial charge in [-0.2, -0.15) is 13.7 Å². The summed E-state index contributed by atoms with van der Waals surface area (Å²) >= 11 is 0. The highest BCUT2D eigenvalue weighted by molar-refractivity contribution is 7.81. The number of pyridine rings is 2. The zero-order chi connectivity index (χ0) is 28.2. The molecule has 0 bridgehead atoms. The summed E-state index contributed by atoms with van der Waals surface area (Å²) in [6, 6.07) is 12.4. The topological polar surface area (TPSA) is 127 Å². The van der Waals surface area contributed by atoms with Crippen LogP contribution in [-0.4, -0.2) is 29.6 Å². The number of nitrogens with one attached hydrogen (secondary N) is 1. The third kappa shape index (κ3) is 4.54. The minimum atomic E-state index is -5.24. The maximum atomic E-state index is 14.1. The molecular formula is C29H25FN4O5S. The summed E-state index contributed by atoms with van der Waals surface area (Å²) in [7, 11) is -5.24. The molecule has 1 fully saturated rings. The van der Waals surface area contributed by atoms with Crippen LogP contribution < -0.4 is 14.3 Å². The van der Waals surface area contributed by atoms with Gasteiger partial charge in [0, 0.05) is 34.3 Å². The second-order valence-electron chi connectivity index (χ2n) is 10.5. The Bertz CT molecular complexity index is 2020. The molecule has 3 aromatic heterocycles. The molecule has 6 rings (SSSR count). The summed E-state index contributed by atoms with van der Waals surface area (Å²) in [5.41, 5.74) is 3.35. The lowest BCUT2D eigenvalue weighted by atomic mass is 9.91. The number of hydrogen-bond acceptors (Lipinski definition) is 7. The predicted octanol–water partition coefficient (Wildman–Crippen LogP) is 5.92. The number of halogens is 1. The van der Waals surface area contributed by atoms with Crippen molar-refractivity contribution < 1.29 is 21.2 Å². The zero-order valence-corrected chi connectivity index (χ0v) is 22.6. The first-order chi connectivity index (χ1) is 19.1.